The number of piperidine rings is 1. The van der Waals surface area contributed by atoms with Crippen LogP contribution >= 0.6 is 15.9 Å². The van der Waals surface area contributed by atoms with Crippen molar-refractivity contribution in [1.29, 1.82) is 5.26 Å². The number of amides is 2. The minimum atomic E-state index is -0.162. The predicted molar refractivity (Wildman–Crippen MR) is 130 cm³/mol. The molecule has 4 rings (SSSR count). The van der Waals surface area contributed by atoms with Crippen molar-refractivity contribution >= 4 is 33.7 Å². The number of hydrogen-bond acceptors (Lipinski definition) is 5. The molecule has 1 atom stereocenters. The van der Waals surface area contributed by atoms with Crippen LogP contribution in [0.2, 0.25) is 0 Å². The summed E-state index contributed by atoms with van der Waals surface area (Å²) in [4.78, 5) is 22.7. The molecule has 166 valence electrons. The third-order valence-electron chi connectivity index (χ3n) is 5.35. The second-order valence-corrected chi connectivity index (χ2v) is 8.70. The zero-order valence-corrected chi connectivity index (χ0v) is 19.6. The molecule has 0 spiro atoms. The maximum atomic E-state index is 12.6. The fourth-order valence-corrected chi connectivity index (χ4v) is 3.84. The summed E-state index contributed by atoms with van der Waals surface area (Å²) in [6.45, 7) is 3.38. The van der Waals surface area contributed by atoms with Crippen LogP contribution in [0.5, 0.6) is 11.6 Å². The largest absolute Gasteiger partial charge is 0.439 e. The van der Waals surface area contributed by atoms with Crippen molar-refractivity contribution in [1.82, 2.24) is 14.9 Å². The van der Waals surface area contributed by atoms with E-state index in [1.54, 1.807) is 23.2 Å². The number of hydrogen-bond donors (Lipinski definition) is 1. The van der Waals surface area contributed by atoms with Crippen molar-refractivity contribution < 1.29 is 9.53 Å². The van der Waals surface area contributed by atoms with Gasteiger partial charge in [-0.2, -0.15) is 5.26 Å². The number of ether oxygens (including phenoxy) is 1. The van der Waals surface area contributed by atoms with Crippen molar-refractivity contribution in [2.24, 2.45) is 5.92 Å². The Labute approximate surface area is 200 Å². The second kappa shape index (κ2) is 10.3. The number of nitrogens with zero attached hydrogens (tertiary/aromatic N) is 4. The standard InChI is InChI=1S/C25H22BrN5O2/c1-17-16-31(25(32)30-22-7-6-21(13-27)28-15-22)10-9-19(17)11-18-3-2-4-23(12-18)33-24-8-5-20(26)14-29-24/h2-8,11-12,14-15,17H,9-10,16H2,1H3,(H,30,32). The predicted octanol–water partition coefficient (Wildman–Crippen LogP) is 5.86. The molecule has 1 saturated heterocycles. The van der Waals surface area contributed by atoms with Gasteiger partial charge in [-0.3, -0.25) is 0 Å². The first-order chi connectivity index (χ1) is 16.0. The van der Waals surface area contributed by atoms with Gasteiger partial charge in [0.05, 0.1) is 11.9 Å². The van der Waals surface area contributed by atoms with Crippen molar-refractivity contribution in [3.8, 4) is 17.7 Å². The first-order valence-electron chi connectivity index (χ1n) is 10.5. The van der Waals surface area contributed by atoms with Crippen LogP contribution in [0.4, 0.5) is 10.5 Å². The molecule has 8 heteroatoms. The lowest BCUT2D eigenvalue weighted by atomic mass is 9.91. The summed E-state index contributed by atoms with van der Waals surface area (Å²) in [5.41, 5.74) is 3.23. The molecule has 0 radical (unpaired) electrons. The van der Waals surface area contributed by atoms with Gasteiger partial charge < -0.3 is 15.0 Å². The SMILES string of the molecule is CC1CN(C(=O)Nc2ccc(C#N)nc2)CCC1=Cc1cccc(Oc2ccc(Br)cn2)c1. The van der Waals surface area contributed by atoms with Crippen LogP contribution in [0.25, 0.3) is 6.08 Å². The quantitative estimate of drug-likeness (QED) is 0.481. The number of carbonyl (C=O) groups is 1. The Hall–Kier alpha value is -3.70. The van der Waals surface area contributed by atoms with Gasteiger partial charge in [-0.15, -0.1) is 0 Å². The van der Waals surface area contributed by atoms with E-state index >= 15 is 0 Å². The number of likely N-dealkylation sites (tertiary alicyclic amines) is 1. The highest BCUT2D eigenvalue weighted by atomic mass is 79.9. The Morgan fingerprint density at radius 1 is 1.24 bits per heavy atom. The van der Waals surface area contributed by atoms with Crippen LogP contribution in [-0.2, 0) is 0 Å². The van der Waals surface area contributed by atoms with E-state index in [4.69, 9.17) is 10.00 Å². The number of halogens is 1. The van der Waals surface area contributed by atoms with Crippen LogP contribution in [0.15, 0.2) is 71.0 Å². The third-order valence-corrected chi connectivity index (χ3v) is 5.82. The fraction of sp³-hybridized carbons (Fsp3) is 0.200. The Balaban J connectivity index is 1.38. The average Bonchev–Trinajstić information content (AvgIpc) is 2.82. The summed E-state index contributed by atoms with van der Waals surface area (Å²) in [5, 5.41) is 11.7. The van der Waals surface area contributed by atoms with Crippen molar-refractivity contribution in [3.05, 3.63) is 82.2 Å². The smallest absolute Gasteiger partial charge is 0.321 e. The topological polar surface area (TPSA) is 91.1 Å². The lowest BCUT2D eigenvalue weighted by molar-refractivity contribution is 0.198. The van der Waals surface area contributed by atoms with Gasteiger partial charge in [0.1, 0.15) is 17.5 Å². The minimum absolute atomic E-state index is 0.162. The van der Waals surface area contributed by atoms with Crippen molar-refractivity contribution in [3.63, 3.8) is 0 Å². The van der Waals surface area contributed by atoms with Gasteiger partial charge in [-0.25, -0.2) is 14.8 Å². The summed E-state index contributed by atoms with van der Waals surface area (Å²) in [6.07, 6.45) is 6.16. The first-order valence-corrected chi connectivity index (χ1v) is 11.3. The maximum Gasteiger partial charge on any atom is 0.321 e. The number of nitrogens with one attached hydrogen (secondary N) is 1. The van der Waals surface area contributed by atoms with E-state index in [1.807, 2.05) is 42.5 Å². The van der Waals surface area contributed by atoms with E-state index in [2.05, 4.69) is 44.2 Å². The number of carbonyl (C=O) groups excluding carboxylic acids is 1. The van der Waals surface area contributed by atoms with Gasteiger partial charge in [0.25, 0.3) is 0 Å². The van der Waals surface area contributed by atoms with Crippen LogP contribution in [0.3, 0.4) is 0 Å². The molecule has 2 aromatic heterocycles. The normalized spacial score (nSPS) is 16.8. The highest BCUT2D eigenvalue weighted by Gasteiger charge is 2.24. The van der Waals surface area contributed by atoms with Gasteiger partial charge in [-0.05, 0) is 64.2 Å². The van der Waals surface area contributed by atoms with Crippen LogP contribution in [0.1, 0.15) is 24.6 Å². The molecule has 0 bridgehead atoms. The Bertz CT molecular complexity index is 1200. The molecule has 1 fully saturated rings. The van der Waals surface area contributed by atoms with Crippen LogP contribution in [0, 0.1) is 17.2 Å². The van der Waals surface area contributed by atoms with Crippen LogP contribution < -0.4 is 10.1 Å². The van der Waals surface area contributed by atoms with E-state index in [-0.39, 0.29) is 11.9 Å². The van der Waals surface area contributed by atoms with E-state index in [1.165, 1.54) is 11.8 Å². The zero-order valence-electron chi connectivity index (χ0n) is 18.0. The maximum absolute atomic E-state index is 12.6. The summed E-state index contributed by atoms with van der Waals surface area (Å²) in [5.74, 6) is 1.48. The van der Waals surface area contributed by atoms with Crippen LogP contribution in [-0.4, -0.2) is 34.0 Å². The Morgan fingerprint density at radius 3 is 2.82 bits per heavy atom. The van der Waals surface area contributed by atoms with Crippen molar-refractivity contribution in [2.75, 3.05) is 18.4 Å². The number of urea groups is 1. The highest BCUT2D eigenvalue weighted by molar-refractivity contribution is 9.10. The van der Waals surface area contributed by atoms with E-state index in [0.29, 0.717) is 30.4 Å². The Kier molecular flexibility index (Phi) is 7.01. The lowest BCUT2D eigenvalue weighted by Crippen LogP contribution is -2.42. The van der Waals surface area contributed by atoms with Gasteiger partial charge in [0, 0.05) is 29.8 Å². The number of pyridine rings is 2. The molecule has 1 unspecified atom stereocenters. The molecule has 33 heavy (non-hydrogen) atoms. The average molecular weight is 504 g/mol. The fourth-order valence-electron chi connectivity index (χ4n) is 3.61. The summed E-state index contributed by atoms with van der Waals surface area (Å²) >= 11 is 3.37. The summed E-state index contributed by atoms with van der Waals surface area (Å²) < 4.78 is 6.76. The summed E-state index contributed by atoms with van der Waals surface area (Å²) in [6, 6.07) is 16.7. The van der Waals surface area contributed by atoms with Gasteiger partial charge in [0.15, 0.2) is 0 Å². The molecule has 1 N–H and O–H groups in total. The molecular weight excluding hydrogens is 482 g/mol. The monoisotopic (exact) mass is 503 g/mol. The number of rotatable bonds is 4. The van der Waals surface area contributed by atoms with Crippen molar-refractivity contribution in [2.45, 2.75) is 13.3 Å². The molecular formula is C25H22BrN5O2. The molecule has 1 aromatic carbocycles. The Morgan fingerprint density at radius 2 is 2.12 bits per heavy atom. The third kappa shape index (κ3) is 5.96. The number of nitriles is 1. The molecule has 7 nitrogen and oxygen atoms in total. The van der Waals surface area contributed by atoms with Gasteiger partial charge in [-0.1, -0.05) is 30.7 Å². The van der Waals surface area contributed by atoms with E-state index in [9.17, 15) is 4.79 Å². The molecule has 3 heterocycles. The first kappa shape index (κ1) is 22.5. The highest BCUT2D eigenvalue weighted by Crippen LogP contribution is 2.28. The molecule has 3 aromatic rings. The van der Waals surface area contributed by atoms with E-state index < -0.39 is 0 Å². The minimum Gasteiger partial charge on any atom is -0.439 e. The molecule has 0 saturated carbocycles. The number of anilines is 1. The van der Waals surface area contributed by atoms with E-state index in [0.717, 1.165) is 22.2 Å². The zero-order chi connectivity index (χ0) is 23.2. The van der Waals surface area contributed by atoms with Gasteiger partial charge >= 0.3 is 6.03 Å². The number of aromatic nitrogens is 2. The second-order valence-electron chi connectivity index (χ2n) is 7.78. The summed E-state index contributed by atoms with van der Waals surface area (Å²) in [7, 11) is 0. The molecule has 2 amide bonds. The molecule has 1 aliphatic heterocycles. The molecule has 1 aliphatic rings. The lowest BCUT2D eigenvalue weighted by Gasteiger charge is -2.33. The molecule has 0 aliphatic carbocycles. The number of benzene rings is 1. The van der Waals surface area contributed by atoms with Gasteiger partial charge in [0.2, 0.25) is 5.88 Å².